The molecule has 0 radical (unpaired) electrons. The van der Waals surface area contributed by atoms with Crippen molar-refractivity contribution in [3.63, 3.8) is 0 Å². The van der Waals surface area contributed by atoms with Crippen LogP contribution in [0.1, 0.15) is 15.9 Å². The van der Waals surface area contributed by atoms with Crippen LogP contribution in [0.3, 0.4) is 0 Å². The largest absolute Gasteiger partial charge is 0.872 e. The Kier molecular flexibility index (Phi) is 4.27. The summed E-state index contributed by atoms with van der Waals surface area (Å²) in [6.45, 7) is 0. The van der Waals surface area contributed by atoms with Gasteiger partial charge in [-0.2, -0.15) is 0 Å². The molecule has 0 unspecified atom stereocenters. The quantitative estimate of drug-likeness (QED) is 0.882. The first-order chi connectivity index (χ1) is 9.47. The maximum Gasteiger partial charge on any atom is 0.335 e. The zero-order valence-corrected chi connectivity index (χ0v) is 11.5. The zero-order valence-electron chi connectivity index (χ0n) is 10.0. The predicted octanol–water partition coefficient (Wildman–Crippen LogP) is 3.52. The van der Waals surface area contributed by atoms with Crippen LogP contribution < -0.4 is 5.11 Å². The number of aliphatic imine (C=N–C) groups is 1. The molecule has 0 aromatic heterocycles. The van der Waals surface area contributed by atoms with Crippen LogP contribution in [0, 0.1) is 0 Å². The lowest BCUT2D eigenvalue weighted by atomic mass is 10.1. The molecule has 0 atom stereocenters. The number of carbonyl (C=O) groups is 1. The Labute approximate surface area is 124 Å². The molecule has 0 amide bonds. The van der Waals surface area contributed by atoms with Crippen molar-refractivity contribution >= 4 is 41.1 Å². The highest BCUT2D eigenvalue weighted by Crippen LogP contribution is 2.26. The first kappa shape index (κ1) is 14.4. The molecule has 2 rings (SSSR count). The van der Waals surface area contributed by atoms with Gasteiger partial charge in [0.15, 0.2) is 0 Å². The summed E-state index contributed by atoms with van der Waals surface area (Å²) in [7, 11) is 0. The predicted molar refractivity (Wildman–Crippen MR) is 76.6 cm³/mol. The van der Waals surface area contributed by atoms with Crippen LogP contribution in [-0.4, -0.2) is 17.3 Å². The third-order valence-corrected chi connectivity index (χ3v) is 3.25. The molecule has 0 aliphatic heterocycles. The van der Waals surface area contributed by atoms with E-state index in [1.165, 1.54) is 24.4 Å². The Morgan fingerprint density at radius 2 is 1.90 bits per heavy atom. The molecule has 0 fully saturated rings. The fraction of sp³-hybridized carbons (Fsp3) is 0. The SMILES string of the molecule is O=C(O)c1ccc([O-])c(C=Nc2ccc(Cl)c(Cl)c2)c1. The standard InChI is InChI=1S/C14H9Cl2NO3/c15-11-3-2-10(6-12(11)16)17-7-9-5-8(14(19)20)1-4-13(9)18/h1-7,18H,(H,19,20)/p-1. The second-order valence-corrected chi connectivity index (χ2v) is 4.73. The summed E-state index contributed by atoms with van der Waals surface area (Å²) in [6, 6.07) is 8.48. The molecular weight excluding hydrogens is 301 g/mol. The van der Waals surface area contributed by atoms with Gasteiger partial charge in [-0.05, 0) is 35.9 Å². The molecule has 6 heteroatoms. The highest BCUT2D eigenvalue weighted by Gasteiger charge is 2.03. The zero-order chi connectivity index (χ0) is 14.7. The molecule has 0 aliphatic rings. The van der Waals surface area contributed by atoms with Crippen LogP contribution in [0.4, 0.5) is 5.69 Å². The summed E-state index contributed by atoms with van der Waals surface area (Å²) >= 11 is 11.6. The highest BCUT2D eigenvalue weighted by molar-refractivity contribution is 6.42. The Hall–Kier alpha value is -2.04. The van der Waals surface area contributed by atoms with Gasteiger partial charge in [0.2, 0.25) is 0 Å². The van der Waals surface area contributed by atoms with Crippen LogP contribution in [-0.2, 0) is 0 Å². The Morgan fingerprint density at radius 1 is 1.15 bits per heavy atom. The van der Waals surface area contributed by atoms with Gasteiger partial charge in [0.25, 0.3) is 0 Å². The topological polar surface area (TPSA) is 72.7 Å². The highest BCUT2D eigenvalue weighted by atomic mass is 35.5. The molecule has 2 aromatic carbocycles. The fourth-order valence-electron chi connectivity index (χ4n) is 1.49. The summed E-state index contributed by atoms with van der Waals surface area (Å²) in [6.07, 6.45) is 1.30. The third kappa shape index (κ3) is 3.29. The molecular formula is C14H8Cl2NO3-. The Bertz CT molecular complexity index is 699. The molecule has 1 N–H and O–H groups in total. The molecule has 4 nitrogen and oxygen atoms in total. The molecule has 0 heterocycles. The van der Waals surface area contributed by atoms with Crippen molar-refractivity contribution in [1.82, 2.24) is 0 Å². The molecule has 20 heavy (non-hydrogen) atoms. The van der Waals surface area contributed by atoms with Gasteiger partial charge in [0.05, 0.1) is 21.3 Å². The van der Waals surface area contributed by atoms with Crippen molar-refractivity contribution in [2.75, 3.05) is 0 Å². The average Bonchev–Trinajstić information content (AvgIpc) is 2.41. The minimum atomic E-state index is -1.10. The van der Waals surface area contributed by atoms with Gasteiger partial charge in [-0.25, -0.2) is 4.79 Å². The van der Waals surface area contributed by atoms with E-state index in [0.29, 0.717) is 15.7 Å². The van der Waals surface area contributed by atoms with Gasteiger partial charge < -0.3 is 10.2 Å². The molecule has 102 valence electrons. The number of benzene rings is 2. The van der Waals surface area contributed by atoms with E-state index < -0.39 is 5.97 Å². The van der Waals surface area contributed by atoms with Crippen LogP contribution in [0.5, 0.6) is 5.75 Å². The second kappa shape index (κ2) is 5.94. The van der Waals surface area contributed by atoms with Gasteiger partial charge in [-0.1, -0.05) is 29.3 Å². The number of carboxylic acids is 1. The number of aromatic carboxylic acids is 1. The van der Waals surface area contributed by atoms with Crippen molar-refractivity contribution in [3.05, 3.63) is 57.6 Å². The van der Waals surface area contributed by atoms with Crippen molar-refractivity contribution < 1.29 is 15.0 Å². The van der Waals surface area contributed by atoms with Gasteiger partial charge in [-0.15, -0.1) is 5.75 Å². The van der Waals surface area contributed by atoms with Crippen molar-refractivity contribution in [2.24, 2.45) is 4.99 Å². The lowest BCUT2D eigenvalue weighted by molar-refractivity contribution is -0.268. The number of halogens is 2. The summed E-state index contributed by atoms with van der Waals surface area (Å²) in [5.74, 6) is -1.41. The fourth-order valence-corrected chi connectivity index (χ4v) is 1.78. The molecule has 0 aliphatic carbocycles. The van der Waals surface area contributed by atoms with Gasteiger partial charge >= 0.3 is 5.97 Å². The minimum Gasteiger partial charge on any atom is -0.872 e. The van der Waals surface area contributed by atoms with E-state index in [9.17, 15) is 9.90 Å². The van der Waals surface area contributed by atoms with Crippen LogP contribution in [0.15, 0.2) is 41.4 Å². The first-order valence-electron chi connectivity index (χ1n) is 5.51. The Balaban J connectivity index is 2.33. The number of hydrogen-bond acceptors (Lipinski definition) is 3. The lowest BCUT2D eigenvalue weighted by Gasteiger charge is -2.10. The van der Waals surface area contributed by atoms with Crippen LogP contribution in [0.2, 0.25) is 10.0 Å². The monoisotopic (exact) mass is 308 g/mol. The molecule has 0 saturated carbocycles. The molecule has 0 spiro atoms. The number of hydrogen-bond donors (Lipinski definition) is 1. The summed E-state index contributed by atoms with van der Waals surface area (Å²) < 4.78 is 0. The van der Waals surface area contributed by atoms with Gasteiger partial charge in [-0.3, -0.25) is 4.99 Å². The van der Waals surface area contributed by atoms with Crippen molar-refractivity contribution in [3.8, 4) is 5.75 Å². The minimum absolute atomic E-state index is 0.0280. The van der Waals surface area contributed by atoms with Crippen molar-refractivity contribution in [1.29, 1.82) is 0 Å². The van der Waals surface area contributed by atoms with Gasteiger partial charge in [0.1, 0.15) is 0 Å². The van der Waals surface area contributed by atoms with Crippen LogP contribution in [0.25, 0.3) is 0 Å². The molecule has 0 saturated heterocycles. The summed E-state index contributed by atoms with van der Waals surface area (Å²) in [4.78, 5) is 14.9. The van der Waals surface area contributed by atoms with E-state index in [-0.39, 0.29) is 16.9 Å². The van der Waals surface area contributed by atoms with E-state index in [4.69, 9.17) is 28.3 Å². The summed E-state index contributed by atoms with van der Waals surface area (Å²) in [5.41, 5.74) is 0.732. The van der Waals surface area contributed by atoms with E-state index in [1.54, 1.807) is 18.2 Å². The van der Waals surface area contributed by atoms with E-state index in [0.717, 1.165) is 0 Å². The van der Waals surface area contributed by atoms with Crippen LogP contribution >= 0.6 is 23.2 Å². The van der Waals surface area contributed by atoms with Gasteiger partial charge in [0, 0.05) is 6.21 Å². The number of rotatable bonds is 3. The molecule has 0 bridgehead atoms. The number of nitrogens with zero attached hydrogens (tertiary/aromatic N) is 1. The van der Waals surface area contributed by atoms with Crippen molar-refractivity contribution in [2.45, 2.75) is 0 Å². The average molecular weight is 309 g/mol. The normalized spacial score (nSPS) is 10.9. The first-order valence-corrected chi connectivity index (χ1v) is 6.26. The Morgan fingerprint density at radius 3 is 2.55 bits per heavy atom. The lowest BCUT2D eigenvalue weighted by Crippen LogP contribution is -2.01. The smallest absolute Gasteiger partial charge is 0.335 e. The molecule has 2 aromatic rings. The second-order valence-electron chi connectivity index (χ2n) is 3.91. The van der Waals surface area contributed by atoms with E-state index in [1.807, 2.05) is 0 Å². The summed E-state index contributed by atoms with van der Waals surface area (Å²) in [5, 5.41) is 21.2. The van der Waals surface area contributed by atoms with E-state index in [2.05, 4.69) is 4.99 Å². The third-order valence-electron chi connectivity index (χ3n) is 2.51. The van der Waals surface area contributed by atoms with E-state index >= 15 is 0 Å². The number of carboxylic acid groups (broad SMARTS) is 1. The maximum absolute atomic E-state index is 11.6. The maximum atomic E-state index is 11.6.